The number of hydrogen-bond donors (Lipinski definition) is 2. The summed E-state index contributed by atoms with van der Waals surface area (Å²) < 4.78 is 22.5. The minimum Gasteiger partial charge on any atom is -0.480 e. The molecule has 0 aliphatic carbocycles. The Morgan fingerprint density at radius 3 is 2.44 bits per heavy atom. The molecule has 0 aromatic heterocycles. The Labute approximate surface area is 107 Å². The van der Waals surface area contributed by atoms with Gasteiger partial charge in [0.05, 0.1) is 17.4 Å². The zero-order valence-electron chi connectivity index (χ0n) is 10.5. The van der Waals surface area contributed by atoms with Crippen LogP contribution in [0.15, 0.2) is 0 Å². The van der Waals surface area contributed by atoms with Crippen LogP contribution in [0.5, 0.6) is 0 Å². The molecular formula is C11H19NO5S. The Morgan fingerprint density at radius 1 is 1.44 bits per heavy atom. The highest BCUT2D eigenvalue weighted by atomic mass is 32.2. The zero-order chi connectivity index (χ0) is 13.9. The fourth-order valence-corrected chi connectivity index (χ4v) is 3.70. The SMILES string of the molecule is CC[C@H](C)[C@H](NC(=O)C1CCS(=O)(=O)C1)C(=O)O. The maximum absolute atomic E-state index is 11.8. The summed E-state index contributed by atoms with van der Waals surface area (Å²) in [6, 6.07) is -0.953. The molecule has 1 fully saturated rings. The van der Waals surface area contributed by atoms with Gasteiger partial charge in [-0.15, -0.1) is 0 Å². The quantitative estimate of drug-likeness (QED) is 0.738. The summed E-state index contributed by atoms with van der Waals surface area (Å²) in [4.78, 5) is 22.9. The molecule has 0 aromatic rings. The van der Waals surface area contributed by atoms with E-state index in [-0.39, 0.29) is 23.8 Å². The summed E-state index contributed by atoms with van der Waals surface area (Å²) in [6.45, 7) is 3.58. The number of hydrogen-bond acceptors (Lipinski definition) is 4. The van der Waals surface area contributed by atoms with Crippen LogP contribution in [0.3, 0.4) is 0 Å². The minimum absolute atomic E-state index is 0.00611. The van der Waals surface area contributed by atoms with E-state index in [2.05, 4.69) is 5.32 Å². The Kier molecular flexibility index (Phi) is 4.72. The zero-order valence-corrected chi connectivity index (χ0v) is 11.4. The number of sulfone groups is 1. The van der Waals surface area contributed by atoms with Gasteiger partial charge >= 0.3 is 5.97 Å². The highest BCUT2D eigenvalue weighted by Gasteiger charge is 2.35. The van der Waals surface area contributed by atoms with Crippen molar-refractivity contribution in [3.63, 3.8) is 0 Å². The lowest BCUT2D eigenvalue weighted by Gasteiger charge is -2.21. The van der Waals surface area contributed by atoms with Crippen LogP contribution in [0, 0.1) is 11.8 Å². The first-order chi connectivity index (χ1) is 8.26. The van der Waals surface area contributed by atoms with Gasteiger partial charge in [-0.2, -0.15) is 0 Å². The Hall–Kier alpha value is -1.11. The highest BCUT2D eigenvalue weighted by Crippen LogP contribution is 2.19. The molecule has 104 valence electrons. The summed E-state index contributed by atoms with van der Waals surface area (Å²) in [5.41, 5.74) is 0. The summed E-state index contributed by atoms with van der Waals surface area (Å²) in [7, 11) is -3.13. The van der Waals surface area contributed by atoms with Crippen LogP contribution in [0.1, 0.15) is 26.7 Å². The lowest BCUT2D eigenvalue weighted by molar-refractivity contribution is -0.143. The normalized spacial score (nSPS) is 25.3. The van der Waals surface area contributed by atoms with Crippen LogP contribution in [0.2, 0.25) is 0 Å². The van der Waals surface area contributed by atoms with Crippen molar-refractivity contribution in [2.75, 3.05) is 11.5 Å². The number of carbonyl (C=O) groups excluding carboxylic acids is 1. The van der Waals surface area contributed by atoms with Crippen molar-refractivity contribution in [2.24, 2.45) is 11.8 Å². The van der Waals surface area contributed by atoms with E-state index in [1.807, 2.05) is 6.92 Å². The molecule has 3 atom stereocenters. The van der Waals surface area contributed by atoms with Crippen molar-refractivity contribution < 1.29 is 23.1 Å². The molecule has 1 unspecified atom stereocenters. The van der Waals surface area contributed by atoms with Crippen molar-refractivity contribution >= 4 is 21.7 Å². The summed E-state index contributed by atoms with van der Waals surface area (Å²) in [6.07, 6.45) is 0.904. The maximum atomic E-state index is 11.8. The molecule has 18 heavy (non-hydrogen) atoms. The van der Waals surface area contributed by atoms with Crippen LogP contribution < -0.4 is 5.32 Å². The molecule has 0 radical (unpaired) electrons. The van der Waals surface area contributed by atoms with E-state index in [0.29, 0.717) is 6.42 Å². The molecule has 1 heterocycles. The fourth-order valence-electron chi connectivity index (χ4n) is 1.96. The first kappa shape index (κ1) is 14.9. The van der Waals surface area contributed by atoms with E-state index in [1.165, 1.54) is 0 Å². The largest absolute Gasteiger partial charge is 0.480 e. The van der Waals surface area contributed by atoms with Crippen molar-refractivity contribution in [1.82, 2.24) is 5.32 Å². The van der Waals surface area contributed by atoms with Crippen LogP contribution in [0.25, 0.3) is 0 Å². The van der Waals surface area contributed by atoms with E-state index < -0.39 is 33.7 Å². The standard InChI is InChI=1S/C11H19NO5S/c1-3-7(2)9(11(14)15)12-10(13)8-4-5-18(16,17)6-8/h7-9H,3-6H2,1-2H3,(H,12,13)(H,14,15)/t7-,8?,9-/m0/s1. The van der Waals surface area contributed by atoms with Gasteiger partial charge in [-0.05, 0) is 12.3 Å². The molecule has 0 aromatic carbocycles. The number of rotatable bonds is 5. The second-order valence-electron chi connectivity index (χ2n) is 4.81. The van der Waals surface area contributed by atoms with Crippen LogP contribution in [0.4, 0.5) is 0 Å². The first-order valence-corrected chi connectivity index (χ1v) is 7.82. The number of nitrogens with one attached hydrogen (secondary N) is 1. The predicted molar refractivity (Wildman–Crippen MR) is 65.8 cm³/mol. The monoisotopic (exact) mass is 277 g/mol. The van der Waals surface area contributed by atoms with Crippen LogP contribution >= 0.6 is 0 Å². The molecule has 0 bridgehead atoms. The Balaban J connectivity index is 2.65. The highest BCUT2D eigenvalue weighted by molar-refractivity contribution is 7.91. The van der Waals surface area contributed by atoms with E-state index in [9.17, 15) is 18.0 Å². The average Bonchev–Trinajstić information content (AvgIpc) is 2.64. The third-order valence-corrected chi connectivity index (χ3v) is 5.15. The molecule has 0 spiro atoms. The van der Waals surface area contributed by atoms with Gasteiger partial charge in [-0.3, -0.25) is 4.79 Å². The van der Waals surface area contributed by atoms with E-state index in [1.54, 1.807) is 6.92 Å². The topological polar surface area (TPSA) is 101 Å². The minimum atomic E-state index is -3.13. The number of amides is 1. The molecule has 1 saturated heterocycles. The van der Waals surface area contributed by atoms with Crippen molar-refractivity contribution in [3.8, 4) is 0 Å². The average molecular weight is 277 g/mol. The number of carboxylic acid groups (broad SMARTS) is 1. The van der Waals surface area contributed by atoms with E-state index in [4.69, 9.17) is 5.11 Å². The van der Waals surface area contributed by atoms with Crippen molar-refractivity contribution in [2.45, 2.75) is 32.7 Å². The van der Waals surface area contributed by atoms with Crippen molar-refractivity contribution in [1.29, 1.82) is 0 Å². The van der Waals surface area contributed by atoms with E-state index >= 15 is 0 Å². The Morgan fingerprint density at radius 2 is 2.06 bits per heavy atom. The lowest BCUT2D eigenvalue weighted by atomic mass is 9.98. The van der Waals surface area contributed by atoms with E-state index in [0.717, 1.165) is 0 Å². The van der Waals surface area contributed by atoms with Gasteiger partial charge in [0.2, 0.25) is 5.91 Å². The van der Waals surface area contributed by atoms with Crippen LogP contribution in [-0.4, -0.2) is 42.9 Å². The molecule has 2 N–H and O–H groups in total. The molecule has 7 heteroatoms. The molecule has 1 amide bonds. The summed E-state index contributed by atoms with van der Waals surface area (Å²) in [5, 5.41) is 11.5. The fraction of sp³-hybridized carbons (Fsp3) is 0.818. The molecule has 1 rings (SSSR count). The maximum Gasteiger partial charge on any atom is 0.326 e. The van der Waals surface area contributed by atoms with Crippen LogP contribution in [-0.2, 0) is 19.4 Å². The first-order valence-electron chi connectivity index (χ1n) is 6.00. The molecule has 1 aliphatic heterocycles. The summed E-state index contributed by atoms with van der Waals surface area (Å²) in [5.74, 6) is -2.52. The summed E-state index contributed by atoms with van der Waals surface area (Å²) >= 11 is 0. The number of carboxylic acids is 1. The second kappa shape index (κ2) is 5.69. The van der Waals surface area contributed by atoms with Gasteiger partial charge in [0.25, 0.3) is 0 Å². The molecule has 0 saturated carbocycles. The van der Waals surface area contributed by atoms with Crippen molar-refractivity contribution in [3.05, 3.63) is 0 Å². The van der Waals surface area contributed by atoms with Gasteiger partial charge in [-0.25, -0.2) is 13.2 Å². The van der Waals surface area contributed by atoms with Gasteiger partial charge in [-0.1, -0.05) is 20.3 Å². The predicted octanol–water partition coefficient (Wildman–Crippen LogP) is 0.0366. The third kappa shape index (κ3) is 3.69. The molecule has 6 nitrogen and oxygen atoms in total. The van der Waals surface area contributed by atoms with Gasteiger partial charge in [0.1, 0.15) is 6.04 Å². The van der Waals surface area contributed by atoms with Gasteiger partial charge < -0.3 is 10.4 Å². The third-order valence-electron chi connectivity index (χ3n) is 3.38. The lowest BCUT2D eigenvalue weighted by Crippen LogP contribution is -2.47. The second-order valence-corrected chi connectivity index (χ2v) is 7.04. The molecular weight excluding hydrogens is 258 g/mol. The number of aliphatic carboxylic acids is 1. The van der Waals surface area contributed by atoms with Gasteiger partial charge in [0.15, 0.2) is 9.84 Å². The Bertz CT molecular complexity index is 431. The smallest absolute Gasteiger partial charge is 0.326 e. The molecule has 1 aliphatic rings. The number of carbonyl (C=O) groups is 2. The van der Waals surface area contributed by atoms with Gasteiger partial charge in [0, 0.05) is 0 Å².